The number of rotatable bonds is 32. The lowest BCUT2D eigenvalue weighted by Gasteiger charge is -2.34. The normalized spacial score (nSPS) is 18.7. The number of nitrogens with two attached hydrogens (primary N) is 1. The summed E-state index contributed by atoms with van der Waals surface area (Å²) in [5, 5.41) is 27.1. The number of benzene rings is 2. The molecule has 19 heteroatoms. The van der Waals surface area contributed by atoms with Crippen molar-refractivity contribution in [2.75, 3.05) is 26.2 Å². The Labute approximate surface area is 475 Å². The maximum Gasteiger partial charge on any atom is 0.326 e. The van der Waals surface area contributed by atoms with E-state index >= 15 is 0 Å². The molecular weight excluding hydrogens is 1020 g/mol. The van der Waals surface area contributed by atoms with Crippen molar-refractivity contribution in [3.63, 3.8) is 0 Å². The Morgan fingerprint density at radius 1 is 0.575 bits per heavy atom. The van der Waals surface area contributed by atoms with Crippen LogP contribution in [0.5, 0.6) is 0 Å². The van der Waals surface area contributed by atoms with Crippen molar-refractivity contribution in [1.82, 2.24) is 41.7 Å². The van der Waals surface area contributed by atoms with Crippen LogP contribution in [0.2, 0.25) is 0 Å². The fraction of sp³-hybridized carbons (Fsp3) is 0.656. The first-order valence-corrected chi connectivity index (χ1v) is 29.4. The van der Waals surface area contributed by atoms with E-state index in [-0.39, 0.29) is 98.5 Å². The molecule has 0 aliphatic carbocycles. The van der Waals surface area contributed by atoms with Crippen molar-refractivity contribution in [3.8, 4) is 0 Å². The Kier molecular flexibility index (Phi) is 27.1. The minimum atomic E-state index is -1.10. The van der Waals surface area contributed by atoms with E-state index in [9.17, 15) is 48.3 Å². The highest BCUT2D eigenvalue weighted by Gasteiger charge is 2.45. The summed E-state index contributed by atoms with van der Waals surface area (Å²) in [7, 11) is 0. The maximum atomic E-state index is 14.6. The Hall–Kier alpha value is -6.37. The van der Waals surface area contributed by atoms with Gasteiger partial charge in [0.05, 0.1) is 6.04 Å². The second-order valence-corrected chi connectivity index (χ2v) is 23.7. The van der Waals surface area contributed by atoms with Crippen LogP contribution in [0.4, 0.5) is 0 Å². The van der Waals surface area contributed by atoms with Crippen molar-refractivity contribution in [2.45, 2.75) is 189 Å². The largest absolute Gasteiger partial charge is 0.480 e. The van der Waals surface area contributed by atoms with E-state index in [2.05, 4.69) is 31.9 Å². The third kappa shape index (κ3) is 20.6. The van der Waals surface area contributed by atoms with E-state index in [4.69, 9.17) is 5.73 Å². The first kappa shape index (κ1) is 66.1. The molecule has 2 aromatic rings. The molecule has 0 spiro atoms. The van der Waals surface area contributed by atoms with Crippen LogP contribution in [0.3, 0.4) is 0 Å². The number of carboxylic acids is 1. The first-order chi connectivity index (χ1) is 37.9. The highest BCUT2D eigenvalue weighted by molar-refractivity contribution is 5.97. The SMILES string of the molecule is CC[C@H](C)[C@H](N)C(=O)N[C@H](C(=O)N[C@@H](CC(C)C)C(=O)N[C@H](C(=O)N1CCC[C@H]1C(=O)N1CCC[C@H]1C(=O)NC[C@H](CC(=O)NC[C@@H](CC(=O)N[C@@H](CC(C)C)C(=O)O)Cc1ccccc1)Cc1ccccc1)C(C)C)[C@@H](C)CC. The van der Waals surface area contributed by atoms with Gasteiger partial charge in [-0.3, -0.25) is 38.4 Å². The molecule has 2 aliphatic rings. The molecule has 9 N–H and O–H groups in total. The van der Waals surface area contributed by atoms with Crippen LogP contribution in [0.1, 0.15) is 145 Å². The van der Waals surface area contributed by atoms with Gasteiger partial charge < -0.3 is 52.5 Å². The molecule has 0 unspecified atom stereocenters. The zero-order valence-corrected chi connectivity index (χ0v) is 49.3. The molecule has 0 saturated carbocycles. The van der Waals surface area contributed by atoms with E-state index in [0.29, 0.717) is 57.9 Å². The molecule has 2 fully saturated rings. The molecule has 2 aromatic carbocycles. The van der Waals surface area contributed by atoms with Gasteiger partial charge in [-0.2, -0.15) is 0 Å². The topological polar surface area (TPSA) is 279 Å². The quantitative estimate of drug-likeness (QED) is 0.0489. The van der Waals surface area contributed by atoms with E-state index in [1.165, 1.54) is 4.90 Å². The van der Waals surface area contributed by atoms with Crippen molar-refractivity contribution in [1.29, 1.82) is 0 Å². The van der Waals surface area contributed by atoms with Gasteiger partial charge in [0.15, 0.2) is 0 Å². The molecule has 2 heterocycles. The van der Waals surface area contributed by atoms with Gasteiger partial charge in [0.25, 0.3) is 0 Å². The summed E-state index contributed by atoms with van der Waals surface area (Å²) in [6.07, 6.45) is 4.63. The van der Waals surface area contributed by atoms with Crippen LogP contribution in [-0.4, -0.2) is 137 Å². The summed E-state index contributed by atoms with van der Waals surface area (Å²) >= 11 is 0. The Balaban J connectivity index is 1.44. The van der Waals surface area contributed by atoms with E-state index in [1.54, 1.807) is 18.7 Å². The second kappa shape index (κ2) is 32.8. The number of likely N-dealkylation sites (tertiary alicyclic amines) is 2. The van der Waals surface area contributed by atoms with Gasteiger partial charge in [-0.25, -0.2) is 4.79 Å². The standard InChI is InChI=1S/C61H95N9O10/c1-11-40(9)52(62)57(75)68-54(41(10)12-2)58(76)66-46(29-37(3)4)55(73)67-53(39(7)8)60(78)70-28-20-26-49(70)59(77)69-27-19-25-48(69)56(74)64-36-44(31-42-21-15-13-16-22-42)33-50(71)63-35-45(32-43-23-17-14-18-24-43)34-51(72)65-47(61(79)80)30-38(5)6/h13-18,21-24,37-41,44-49,52-54H,11-12,19-20,25-36,62H2,1-10H3,(H,63,71)(H,64,74)(H,65,72)(H,66,76)(H,67,73)(H,68,75)(H,79,80)/t40-,41-,44-,45+,46-,47-,48-,49-,52-,53-,54-/m0/s1. The molecule has 19 nitrogen and oxygen atoms in total. The molecule has 8 amide bonds. The summed E-state index contributed by atoms with van der Waals surface area (Å²) < 4.78 is 0. The Morgan fingerprint density at radius 2 is 1.07 bits per heavy atom. The molecule has 444 valence electrons. The minimum Gasteiger partial charge on any atom is -0.480 e. The molecule has 2 saturated heterocycles. The van der Waals surface area contributed by atoms with Crippen LogP contribution in [0.25, 0.3) is 0 Å². The molecule has 0 aromatic heterocycles. The molecular formula is C61H95N9O10. The number of amides is 8. The first-order valence-electron chi connectivity index (χ1n) is 29.4. The molecule has 80 heavy (non-hydrogen) atoms. The van der Waals surface area contributed by atoms with Crippen molar-refractivity contribution in [2.24, 2.45) is 47.2 Å². The van der Waals surface area contributed by atoms with Gasteiger partial charge in [-0.15, -0.1) is 0 Å². The van der Waals surface area contributed by atoms with Crippen molar-refractivity contribution >= 4 is 53.2 Å². The number of hydrogen-bond donors (Lipinski definition) is 8. The zero-order valence-electron chi connectivity index (χ0n) is 49.3. The molecule has 2 aliphatic heterocycles. The van der Waals surface area contributed by atoms with Gasteiger partial charge in [-0.1, -0.05) is 143 Å². The fourth-order valence-electron chi connectivity index (χ4n) is 10.6. The molecule has 11 atom stereocenters. The number of aliphatic carboxylic acids is 1. The Morgan fingerprint density at radius 3 is 1.60 bits per heavy atom. The average Bonchev–Trinajstić information content (AvgIpc) is 4.15. The van der Waals surface area contributed by atoms with E-state index in [0.717, 1.165) is 11.1 Å². The predicted molar refractivity (Wildman–Crippen MR) is 308 cm³/mol. The van der Waals surface area contributed by atoms with Gasteiger partial charge in [0, 0.05) is 39.0 Å². The summed E-state index contributed by atoms with van der Waals surface area (Å²) in [5.41, 5.74) is 8.15. The summed E-state index contributed by atoms with van der Waals surface area (Å²) in [6.45, 7) is 19.6. The lowest BCUT2D eigenvalue weighted by molar-refractivity contribution is -0.148. The number of carboxylic acid groups (broad SMARTS) is 1. The highest BCUT2D eigenvalue weighted by atomic mass is 16.4. The van der Waals surface area contributed by atoms with Gasteiger partial charge in [0.1, 0.15) is 36.3 Å². The molecule has 0 radical (unpaired) electrons. The highest BCUT2D eigenvalue weighted by Crippen LogP contribution is 2.27. The third-order valence-electron chi connectivity index (χ3n) is 15.8. The van der Waals surface area contributed by atoms with Gasteiger partial charge in [0.2, 0.25) is 47.3 Å². The third-order valence-corrected chi connectivity index (χ3v) is 15.8. The predicted octanol–water partition coefficient (Wildman–Crippen LogP) is 4.89. The number of carbonyl (C=O) groups is 9. The smallest absolute Gasteiger partial charge is 0.326 e. The maximum absolute atomic E-state index is 14.6. The van der Waals surface area contributed by atoms with Crippen LogP contribution in [-0.2, 0) is 56.0 Å². The number of carbonyl (C=O) groups excluding carboxylic acids is 8. The van der Waals surface area contributed by atoms with E-state index in [1.807, 2.05) is 116 Å². The zero-order chi connectivity index (χ0) is 59.2. The van der Waals surface area contributed by atoms with Crippen molar-refractivity contribution < 1.29 is 48.3 Å². The monoisotopic (exact) mass is 1110 g/mol. The van der Waals surface area contributed by atoms with Crippen LogP contribution in [0, 0.1) is 41.4 Å². The average molecular weight is 1110 g/mol. The second-order valence-electron chi connectivity index (χ2n) is 23.7. The van der Waals surface area contributed by atoms with Crippen LogP contribution < -0.4 is 37.6 Å². The summed E-state index contributed by atoms with van der Waals surface area (Å²) in [6, 6.07) is 12.6. The molecule has 4 rings (SSSR count). The van der Waals surface area contributed by atoms with E-state index < -0.39 is 83.7 Å². The summed E-state index contributed by atoms with van der Waals surface area (Å²) in [5.74, 6) is -5.96. The lowest BCUT2D eigenvalue weighted by atomic mass is 9.94. The van der Waals surface area contributed by atoms with Crippen molar-refractivity contribution in [3.05, 3.63) is 71.8 Å². The van der Waals surface area contributed by atoms with Gasteiger partial charge in [-0.05, 0) is 104 Å². The lowest BCUT2D eigenvalue weighted by Crippen LogP contribution is -2.61. The van der Waals surface area contributed by atoms with Gasteiger partial charge >= 0.3 is 5.97 Å². The minimum absolute atomic E-state index is 0.00280. The van der Waals surface area contributed by atoms with Crippen LogP contribution in [0.15, 0.2) is 60.7 Å². The molecule has 0 bridgehead atoms. The Bertz CT molecular complexity index is 2350. The number of nitrogens with one attached hydrogen (secondary N) is 6. The summed E-state index contributed by atoms with van der Waals surface area (Å²) in [4.78, 5) is 127. The van der Waals surface area contributed by atoms with Crippen LogP contribution >= 0.6 is 0 Å². The number of nitrogens with zero attached hydrogens (tertiary/aromatic N) is 2. The number of hydrogen-bond acceptors (Lipinski definition) is 10. The fourth-order valence-corrected chi connectivity index (χ4v) is 10.6.